The van der Waals surface area contributed by atoms with Crippen molar-refractivity contribution in [1.29, 1.82) is 0 Å². The second-order valence-electron chi connectivity index (χ2n) is 6.19. The lowest BCUT2D eigenvalue weighted by Gasteiger charge is -2.28. The highest BCUT2D eigenvalue weighted by Crippen LogP contribution is 2.48. The first-order chi connectivity index (χ1) is 10.0. The number of fused-ring (bicyclic) bond motifs is 2. The Kier molecular flexibility index (Phi) is 3.57. The van der Waals surface area contributed by atoms with Crippen LogP contribution < -0.4 is 10.6 Å². The van der Waals surface area contributed by atoms with Crippen molar-refractivity contribution in [3.63, 3.8) is 0 Å². The number of nitrogens with one attached hydrogen (secondary N) is 2. The summed E-state index contributed by atoms with van der Waals surface area (Å²) < 4.78 is 0. The molecular formula is C16H20N2O3. The molecule has 2 amide bonds. The molecule has 2 fully saturated rings. The Bertz CT molecular complexity index is 572. The highest BCUT2D eigenvalue weighted by Gasteiger charge is 2.51. The molecule has 0 aliphatic heterocycles. The molecule has 5 heteroatoms. The van der Waals surface area contributed by atoms with Crippen LogP contribution in [-0.2, 0) is 4.79 Å². The Balaban J connectivity index is 1.65. The second-order valence-corrected chi connectivity index (χ2v) is 6.19. The molecule has 2 aliphatic rings. The summed E-state index contributed by atoms with van der Waals surface area (Å²) in [5, 5.41) is 15.0. The third-order valence-electron chi connectivity index (χ3n) is 4.78. The van der Waals surface area contributed by atoms with Gasteiger partial charge in [-0.2, -0.15) is 0 Å². The zero-order valence-corrected chi connectivity index (χ0v) is 12.0. The Morgan fingerprint density at radius 3 is 2.71 bits per heavy atom. The molecule has 0 spiro atoms. The molecule has 4 unspecified atom stereocenters. The predicted octanol–water partition coefficient (Wildman–Crippen LogP) is 2.62. The SMILES string of the molecule is Cc1cccc(NC(=O)NC2C3CCC(C3)C2C(=O)O)c1. The van der Waals surface area contributed by atoms with Gasteiger partial charge < -0.3 is 15.7 Å². The fraction of sp³-hybridized carbons (Fsp3) is 0.500. The minimum atomic E-state index is -0.789. The maximum absolute atomic E-state index is 12.1. The number of carboxylic acids is 1. The summed E-state index contributed by atoms with van der Waals surface area (Å²) in [6, 6.07) is 6.98. The molecule has 0 saturated heterocycles. The van der Waals surface area contributed by atoms with E-state index in [1.165, 1.54) is 0 Å². The van der Waals surface area contributed by atoms with Crippen LogP contribution in [0.1, 0.15) is 24.8 Å². The Morgan fingerprint density at radius 2 is 2.00 bits per heavy atom. The van der Waals surface area contributed by atoms with Gasteiger partial charge in [-0.15, -0.1) is 0 Å². The molecule has 1 aromatic rings. The number of benzene rings is 1. The van der Waals surface area contributed by atoms with Crippen LogP contribution in [0.2, 0.25) is 0 Å². The van der Waals surface area contributed by atoms with Gasteiger partial charge in [0.2, 0.25) is 0 Å². The van der Waals surface area contributed by atoms with Gasteiger partial charge in [0.05, 0.1) is 5.92 Å². The number of amides is 2. The molecule has 0 radical (unpaired) electrons. The first-order valence-electron chi connectivity index (χ1n) is 7.41. The topological polar surface area (TPSA) is 78.4 Å². The van der Waals surface area contributed by atoms with Crippen LogP contribution in [-0.4, -0.2) is 23.1 Å². The van der Waals surface area contributed by atoms with Crippen LogP contribution in [0.4, 0.5) is 10.5 Å². The number of carboxylic acid groups (broad SMARTS) is 1. The molecule has 0 aromatic heterocycles. The number of rotatable bonds is 3. The fourth-order valence-corrected chi connectivity index (χ4v) is 3.90. The quantitative estimate of drug-likeness (QED) is 0.800. The standard InChI is InChI=1S/C16H20N2O3/c1-9-3-2-4-12(7-9)17-16(21)18-14-11-6-5-10(8-11)13(14)15(19)20/h2-4,7,10-11,13-14H,5-6,8H2,1H3,(H,19,20)(H2,17,18,21). The van der Waals surface area contributed by atoms with Crippen LogP contribution >= 0.6 is 0 Å². The maximum Gasteiger partial charge on any atom is 0.319 e. The van der Waals surface area contributed by atoms with Gasteiger partial charge >= 0.3 is 12.0 Å². The van der Waals surface area contributed by atoms with E-state index in [1.54, 1.807) is 0 Å². The van der Waals surface area contributed by atoms with E-state index in [4.69, 9.17) is 0 Å². The zero-order chi connectivity index (χ0) is 15.0. The summed E-state index contributed by atoms with van der Waals surface area (Å²) in [6.45, 7) is 1.96. The summed E-state index contributed by atoms with van der Waals surface area (Å²) >= 11 is 0. The van der Waals surface area contributed by atoms with E-state index in [0.717, 1.165) is 30.5 Å². The number of carbonyl (C=O) groups excluding carboxylic acids is 1. The van der Waals surface area contributed by atoms with E-state index < -0.39 is 11.9 Å². The summed E-state index contributed by atoms with van der Waals surface area (Å²) in [4.78, 5) is 23.5. The van der Waals surface area contributed by atoms with Crippen LogP contribution in [0.25, 0.3) is 0 Å². The molecular weight excluding hydrogens is 268 g/mol. The largest absolute Gasteiger partial charge is 0.481 e. The number of hydrogen-bond donors (Lipinski definition) is 3. The van der Waals surface area contributed by atoms with Gasteiger partial charge in [0, 0.05) is 11.7 Å². The Hall–Kier alpha value is -2.04. The highest BCUT2D eigenvalue weighted by molar-refractivity contribution is 5.90. The lowest BCUT2D eigenvalue weighted by Crippen LogP contribution is -2.48. The van der Waals surface area contributed by atoms with Crippen molar-refractivity contribution in [2.75, 3.05) is 5.32 Å². The predicted molar refractivity (Wildman–Crippen MR) is 79.1 cm³/mol. The van der Waals surface area contributed by atoms with Gasteiger partial charge in [-0.1, -0.05) is 12.1 Å². The average molecular weight is 288 g/mol. The smallest absolute Gasteiger partial charge is 0.319 e. The minimum absolute atomic E-state index is 0.219. The van der Waals surface area contributed by atoms with Crippen LogP contribution in [0.5, 0.6) is 0 Å². The van der Waals surface area contributed by atoms with Crippen molar-refractivity contribution in [3.05, 3.63) is 29.8 Å². The monoisotopic (exact) mass is 288 g/mol. The van der Waals surface area contributed by atoms with Gasteiger partial charge in [-0.05, 0) is 55.7 Å². The molecule has 1 aromatic carbocycles. The van der Waals surface area contributed by atoms with Gasteiger partial charge in [0.15, 0.2) is 0 Å². The van der Waals surface area contributed by atoms with Gasteiger partial charge in [0.25, 0.3) is 0 Å². The molecule has 0 heterocycles. The van der Waals surface area contributed by atoms with Crippen molar-refractivity contribution in [2.24, 2.45) is 17.8 Å². The molecule has 21 heavy (non-hydrogen) atoms. The van der Waals surface area contributed by atoms with Crippen molar-refractivity contribution in [2.45, 2.75) is 32.2 Å². The van der Waals surface area contributed by atoms with Gasteiger partial charge in [-0.25, -0.2) is 4.79 Å². The van der Waals surface area contributed by atoms with Gasteiger partial charge in [0.1, 0.15) is 0 Å². The highest BCUT2D eigenvalue weighted by atomic mass is 16.4. The summed E-state index contributed by atoms with van der Waals surface area (Å²) in [5.41, 5.74) is 1.79. The molecule has 112 valence electrons. The lowest BCUT2D eigenvalue weighted by molar-refractivity contribution is -0.144. The number of urea groups is 1. The summed E-state index contributed by atoms with van der Waals surface area (Å²) in [5.74, 6) is -0.703. The first-order valence-corrected chi connectivity index (χ1v) is 7.41. The normalized spacial score (nSPS) is 30.1. The number of aliphatic carboxylic acids is 1. The third kappa shape index (κ3) is 2.73. The zero-order valence-electron chi connectivity index (χ0n) is 12.0. The maximum atomic E-state index is 12.1. The molecule has 2 aliphatic carbocycles. The Labute approximate surface area is 123 Å². The van der Waals surface area contributed by atoms with E-state index in [2.05, 4.69) is 10.6 Å². The third-order valence-corrected chi connectivity index (χ3v) is 4.78. The van der Waals surface area contributed by atoms with Crippen LogP contribution in [0.3, 0.4) is 0 Å². The number of hydrogen-bond acceptors (Lipinski definition) is 2. The molecule has 2 saturated carbocycles. The van der Waals surface area contributed by atoms with E-state index in [1.807, 2.05) is 31.2 Å². The summed E-state index contributed by atoms with van der Waals surface area (Å²) in [7, 11) is 0. The van der Waals surface area contributed by atoms with Crippen LogP contribution in [0.15, 0.2) is 24.3 Å². The van der Waals surface area contributed by atoms with Crippen molar-refractivity contribution in [3.8, 4) is 0 Å². The number of anilines is 1. The first kappa shape index (κ1) is 13.9. The van der Waals surface area contributed by atoms with Crippen molar-refractivity contribution in [1.82, 2.24) is 5.32 Å². The Morgan fingerprint density at radius 1 is 1.24 bits per heavy atom. The van der Waals surface area contributed by atoms with Crippen LogP contribution in [0, 0.1) is 24.7 Å². The van der Waals surface area contributed by atoms with E-state index in [-0.39, 0.29) is 18.0 Å². The number of carbonyl (C=O) groups is 2. The molecule has 4 atom stereocenters. The van der Waals surface area contributed by atoms with Crippen molar-refractivity contribution < 1.29 is 14.7 Å². The van der Waals surface area contributed by atoms with Gasteiger partial charge in [-0.3, -0.25) is 4.79 Å². The van der Waals surface area contributed by atoms with E-state index in [0.29, 0.717) is 5.92 Å². The minimum Gasteiger partial charge on any atom is -0.481 e. The fourth-order valence-electron chi connectivity index (χ4n) is 3.90. The molecule has 3 rings (SSSR count). The van der Waals surface area contributed by atoms with E-state index in [9.17, 15) is 14.7 Å². The lowest BCUT2D eigenvalue weighted by atomic mass is 9.84. The molecule has 2 bridgehead atoms. The number of aryl methyl sites for hydroxylation is 1. The van der Waals surface area contributed by atoms with E-state index >= 15 is 0 Å². The molecule has 5 nitrogen and oxygen atoms in total. The average Bonchev–Trinajstić information content (AvgIpc) is 2.99. The second kappa shape index (κ2) is 5.39. The van der Waals surface area contributed by atoms with Crippen molar-refractivity contribution >= 4 is 17.7 Å². The summed E-state index contributed by atoms with van der Waals surface area (Å²) in [6.07, 6.45) is 2.91. The molecule has 3 N–H and O–H groups in total.